The zero-order valence-electron chi connectivity index (χ0n) is 14.7. The first kappa shape index (κ1) is 19.9. The number of rotatable bonds is 3. The Hall–Kier alpha value is -1.81. The van der Waals surface area contributed by atoms with Crippen LogP contribution in [0.3, 0.4) is 0 Å². The molecule has 0 spiro atoms. The van der Waals surface area contributed by atoms with Crippen LogP contribution in [0.15, 0.2) is 23.1 Å². The van der Waals surface area contributed by atoms with Crippen LogP contribution in [0.4, 0.5) is 18.9 Å². The van der Waals surface area contributed by atoms with E-state index in [2.05, 4.69) is 0 Å². The molecule has 1 amide bonds. The van der Waals surface area contributed by atoms with Crippen LogP contribution < -0.4 is 10.0 Å². The monoisotopic (exact) mass is 405 g/mol. The Bertz CT molecular complexity index is 812. The topological polar surface area (TPSA) is 83.7 Å². The summed E-state index contributed by atoms with van der Waals surface area (Å²) in [5, 5.41) is 4.96. The Morgan fingerprint density at radius 3 is 2.19 bits per heavy atom. The third-order valence-corrected chi connectivity index (χ3v) is 6.15. The van der Waals surface area contributed by atoms with E-state index in [4.69, 9.17) is 5.14 Å². The van der Waals surface area contributed by atoms with Gasteiger partial charge in [0.2, 0.25) is 15.9 Å². The molecular formula is C17H22F3N3O3S. The minimum absolute atomic E-state index is 0.0383. The van der Waals surface area contributed by atoms with Gasteiger partial charge in [0.05, 0.1) is 10.5 Å². The minimum Gasteiger partial charge on any atom is -0.367 e. The normalized spacial score (nSPS) is 19.6. The van der Waals surface area contributed by atoms with Crippen molar-refractivity contribution in [2.45, 2.75) is 36.8 Å². The molecule has 1 aromatic carbocycles. The molecule has 2 fully saturated rings. The maximum atomic E-state index is 13.5. The largest absolute Gasteiger partial charge is 0.418 e. The molecule has 0 atom stereocenters. The van der Waals surface area contributed by atoms with Gasteiger partial charge in [0.1, 0.15) is 0 Å². The number of benzene rings is 1. The molecular weight excluding hydrogens is 383 g/mol. The number of nitrogens with two attached hydrogens (primary N) is 1. The molecule has 1 saturated heterocycles. The van der Waals surface area contributed by atoms with E-state index in [1.807, 2.05) is 0 Å². The lowest BCUT2D eigenvalue weighted by Gasteiger charge is -2.38. The summed E-state index contributed by atoms with van der Waals surface area (Å²) in [7, 11) is -4.23. The van der Waals surface area contributed by atoms with Gasteiger partial charge in [-0.1, -0.05) is 12.8 Å². The van der Waals surface area contributed by atoms with Crippen LogP contribution in [0, 0.1) is 5.92 Å². The smallest absolute Gasteiger partial charge is 0.367 e. The van der Waals surface area contributed by atoms with Crippen molar-refractivity contribution >= 4 is 21.6 Å². The van der Waals surface area contributed by atoms with E-state index in [1.54, 1.807) is 4.90 Å². The number of carbonyl (C=O) groups excluding carboxylic acids is 1. The first-order chi connectivity index (χ1) is 12.6. The van der Waals surface area contributed by atoms with Gasteiger partial charge >= 0.3 is 6.18 Å². The Labute approximate surface area is 156 Å². The highest BCUT2D eigenvalue weighted by Crippen LogP contribution is 2.38. The van der Waals surface area contributed by atoms with Gasteiger partial charge in [-0.15, -0.1) is 0 Å². The molecule has 1 aliphatic carbocycles. The molecule has 3 rings (SSSR count). The molecule has 0 bridgehead atoms. The van der Waals surface area contributed by atoms with E-state index < -0.39 is 26.7 Å². The Morgan fingerprint density at radius 1 is 1.07 bits per heavy atom. The van der Waals surface area contributed by atoms with Crippen LogP contribution in [-0.4, -0.2) is 45.4 Å². The summed E-state index contributed by atoms with van der Waals surface area (Å²) >= 11 is 0. The van der Waals surface area contributed by atoms with E-state index in [-0.39, 0.29) is 30.6 Å². The highest BCUT2D eigenvalue weighted by molar-refractivity contribution is 7.89. The van der Waals surface area contributed by atoms with Gasteiger partial charge in [-0.25, -0.2) is 13.6 Å². The predicted octanol–water partition coefficient (Wildman–Crippen LogP) is 2.19. The molecule has 1 aliphatic heterocycles. The first-order valence-corrected chi connectivity index (χ1v) is 10.4. The number of piperazine rings is 1. The average Bonchev–Trinajstić information content (AvgIpc) is 3.14. The van der Waals surface area contributed by atoms with E-state index >= 15 is 0 Å². The molecule has 0 aromatic heterocycles. The van der Waals surface area contributed by atoms with Crippen molar-refractivity contribution in [2.75, 3.05) is 31.1 Å². The van der Waals surface area contributed by atoms with Crippen LogP contribution in [0.25, 0.3) is 0 Å². The molecule has 1 saturated carbocycles. The number of carbonyl (C=O) groups is 1. The SMILES string of the molecule is NS(=O)(=O)c1ccc(N2CCN(C(=O)C3CCCC3)CC2)c(C(F)(F)F)c1. The number of anilines is 1. The second-order valence-electron chi connectivity index (χ2n) is 7.02. The molecule has 27 heavy (non-hydrogen) atoms. The number of primary sulfonamides is 1. The molecule has 0 unspecified atom stereocenters. The second-order valence-corrected chi connectivity index (χ2v) is 8.58. The van der Waals surface area contributed by atoms with Crippen molar-refractivity contribution in [3.05, 3.63) is 23.8 Å². The molecule has 2 aliphatic rings. The third kappa shape index (κ3) is 4.37. The lowest BCUT2D eigenvalue weighted by molar-refractivity contribution is -0.138. The van der Waals surface area contributed by atoms with Crippen LogP contribution in [0.2, 0.25) is 0 Å². The number of nitrogens with zero attached hydrogens (tertiary/aromatic N) is 2. The van der Waals surface area contributed by atoms with Gasteiger partial charge < -0.3 is 9.80 Å². The van der Waals surface area contributed by atoms with E-state index in [0.29, 0.717) is 19.2 Å². The van der Waals surface area contributed by atoms with Crippen molar-refractivity contribution in [2.24, 2.45) is 11.1 Å². The molecule has 1 aromatic rings. The standard InChI is InChI=1S/C17H22F3N3O3S/c18-17(19,20)14-11-13(27(21,25)26)5-6-15(14)22-7-9-23(10-8-22)16(24)12-3-1-2-4-12/h5-6,11-12H,1-4,7-10H2,(H2,21,25,26). The molecule has 150 valence electrons. The van der Waals surface area contributed by atoms with Crippen LogP contribution in [0.5, 0.6) is 0 Å². The lowest BCUT2D eigenvalue weighted by atomic mass is 10.1. The zero-order valence-corrected chi connectivity index (χ0v) is 15.5. The van der Waals surface area contributed by atoms with Gasteiger partial charge in [-0.2, -0.15) is 13.2 Å². The molecule has 2 N–H and O–H groups in total. The summed E-state index contributed by atoms with van der Waals surface area (Å²) in [6.45, 7) is 1.22. The van der Waals surface area contributed by atoms with Crippen molar-refractivity contribution in [1.82, 2.24) is 4.90 Å². The highest BCUT2D eigenvalue weighted by Gasteiger charge is 2.37. The average molecular weight is 405 g/mol. The summed E-state index contributed by atoms with van der Waals surface area (Å²) in [5.41, 5.74) is -1.13. The van der Waals surface area contributed by atoms with Gasteiger partial charge in [0, 0.05) is 37.8 Å². The number of sulfonamides is 1. The zero-order chi connectivity index (χ0) is 19.8. The van der Waals surface area contributed by atoms with Crippen LogP contribution in [0.1, 0.15) is 31.2 Å². The van der Waals surface area contributed by atoms with E-state index in [1.165, 1.54) is 4.90 Å². The molecule has 6 nitrogen and oxygen atoms in total. The molecule has 0 radical (unpaired) electrons. The van der Waals surface area contributed by atoms with Gasteiger partial charge in [0.25, 0.3) is 0 Å². The number of halogens is 3. The van der Waals surface area contributed by atoms with E-state index in [9.17, 15) is 26.4 Å². The fourth-order valence-electron chi connectivity index (χ4n) is 3.79. The Balaban J connectivity index is 1.78. The number of amides is 1. The number of alkyl halides is 3. The quantitative estimate of drug-likeness (QED) is 0.836. The molecule has 10 heteroatoms. The van der Waals surface area contributed by atoms with Crippen molar-refractivity contribution < 1.29 is 26.4 Å². The van der Waals surface area contributed by atoms with Gasteiger partial charge in [-0.3, -0.25) is 4.79 Å². The van der Waals surface area contributed by atoms with Gasteiger partial charge in [-0.05, 0) is 31.0 Å². The number of hydrogen-bond acceptors (Lipinski definition) is 4. The number of hydrogen-bond donors (Lipinski definition) is 1. The van der Waals surface area contributed by atoms with Crippen molar-refractivity contribution in [3.63, 3.8) is 0 Å². The maximum Gasteiger partial charge on any atom is 0.418 e. The highest BCUT2D eigenvalue weighted by atomic mass is 32.2. The minimum atomic E-state index is -4.72. The summed E-state index contributed by atoms with van der Waals surface area (Å²) < 4.78 is 63.2. The summed E-state index contributed by atoms with van der Waals surface area (Å²) in [6, 6.07) is 2.79. The lowest BCUT2D eigenvalue weighted by Crippen LogP contribution is -2.50. The maximum absolute atomic E-state index is 13.5. The van der Waals surface area contributed by atoms with Crippen molar-refractivity contribution in [3.8, 4) is 0 Å². The van der Waals surface area contributed by atoms with Crippen molar-refractivity contribution in [1.29, 1.82) is 0 Å². The summed E-state index contributed by atoms with van der Waals surface area (Å²) in [4.78, 5) is 15.2. The first-order valence-electron chi connectivity index (χ1n) is 8.85. The summed E-state index contributed by atoms with van der Waals surface area (Å²) in [6.07, 6.45) is -0.866. The third-order valence-electron chi connectivity index (χ3n) is 5.24. The Morgan fingerprint density at radius 2 is 1.67 bits per heavy atom. The fraction of sp³-hybridized carbons (Fsp3) is 0.588. The fourth-order valence-corrected chi connectivity index (χ4v) is 4.33. The summed E-state index contributed by atoms with van der Waals surface area (Å²) in [5.74, 6) is 0.129. The second kappa shape index (κ2) is 7.31. The van der Waals surface area contributed by atoms with E-state index in [0.717, 1.165) is 37.8 Å². The van der Waals surface area contributed by atoms with Crippen LogP contribution in [-0.2, 0) is 21.0 Å². The van der Waals surface area contributed by atoms with Crippen LogP contribution >= 0.6 is 0 Å². The predicted molar refractivity (Wildman–Crippen MR) is 93.6 cm³/mol. The molecule has 1 heterocycles. The Kier molecular flexibility index (Phi) is 5.40. The van der Waals surface area contributed by atoms with Gasteiger partial charge in [0.15, 0.2) is 0 Å².